The number of amides is 2. The Morgan fingerprint density at radius 2 is 1.97 bits per heavy atom. The maximum Gasteiger partial charge on any atom is 0.268 e. The van der Waals surface area contributed by atoms with E-state index in [9.17, 15) is 9.59 Å². The van der Waals surface area contributed by atoms with Gasteiger partial charge in [-0.05, 0) is 68.7 Å². The lowest BCUT2D eigenvalue weighted by Gasteiger charge is -2.30. The number of rotatable bonds is 7. The van der Waals surface area contributed by atoms with Crippen LogP contribution in [0.1, 0.15) is 59.4 Å². The predicted molar refractivity (Wildman–Crippen MR) is 137 cm³/mol. The van der Waals surface area contributed by atoms with Crippen molar-refractivity contribution in [1.29, 1.82) is 0 Å². The molecule has 3 N–H and O–H groups in total. The van der Waals surface area contributed by atoms with Crippen molar-refractivity contribution in [2.24, 2.45) is 18.7 Å². The second kappa shape index (κ2) is 8.96. The standard InChI is InChI=1S/C27H34N6O3/c1-31-24-20(12-17(13-23(24)36-2)27(35)32-11-3-4-18(28)15-32)30-25(31)21-9-10-22(26(34)29-19-7-8-19)33(21)14-16-5-6-16/h9-10,12-13,16,18-19H,3-8,11,14-15,28H2,1-2H3,(H,29,34)/t18-/m1/s1. The van der Waals surface area contributed by atoms with Crippen molar-refractivity contribution in [1.82, 2.24) is 24.3 Å². The van der Waals surface area contributed by atoms with Crippen molar-refractivity contribution in [3.05, 3.63) is 35.5 Å². The number of imidazole rings is 1. The Kier molecular flexibility index (Phi) is 5.75. The van der Waals surface area contributed by atoms with E-state index in [1.807, 2.05) is 34.7 Å². The molecule has 0 radical (unpaired) electrons. The second-order valence-corrected chi connectivity index (χ2v) is 10.6. The van der Waals surface area contributed by atoms with Gasteiger partial charge in [-0.1, -0.05) is 0 Å². The summed E-state index contributed by atoms with van der Waals surface area (Å²) in [5.41, 5.74) is 9.77. The van der Waals surface area contributed by atoms with Gasteiger partial charge in [-0.15, -0.1) is 0 Å². The van der Waals surface area contributed by atoms with E-state index < -0.39 is 0 Å². The third-order valence-electron chi connectivity index (χ3n) is 7.64. The highest BCUT2D eigenvalue weighted by atomic mass is 16.5. The monoisotopic (exact) mass is 490 g/mol. The van der Waals surface area contributed by atoms with E-state index in [-0.39, 0.29) is 17.9 Å². The summed E-state index contributed by atoms with van der Waals surface area (Å²) in [5.74, 6) is 1.87. The van der Waals surface area contributed by atoms with E-state index in [2.05, 4.69) is 9.88 Å². The lowest BCUT2D eigenvalue weighted by Crippen LogP contribution is -2.45. The first-order valence-electron chi connectivity index (χ1n) is 13.0. The molecule has 2 aliphatic carbocycles. The molecule has 36 heavy (non-hydrogen) atoms. The van der Waals surface area contributed by atoms with Gasteiger partial charge in [-0.3, -0.25) is 9.59 Å². The fourth-order valence-corrected chi connectivity index (χ4v) is 5.30. The van der Waals surface area contributed by atoms with Crippen LogP contribution in [-0.2, 0) is 13.6 Å². The molecule has 1 aromatic carbocycles. The zero-order chi connectivity index (χ0) is 25.0. The summed E-state index contributed by atoms with van der Waals surface area (Å²) in [4.78, 5) is 33.1. The van der Waals surface area contributed by atoms with Gasteiger partial charge in [0.05, 0.1) is 18.3 Å². The summed E-state index contributed by atoms with van der Waals surface area (Å²) in [7, 11) is 3.57. The molecule has 190 valence electrons. The quantitative estimate of drug-likeness (QED) is 0.530. The molecule has 1 atom stereocenters. The van der Waals surface area contributed by atoms with E-state index in [1.54, 1.807) is 13.2 Å². The maximum absolute atomic E-state index is 13.3. The Bertz CT molecular complexity index is 1330. The summed E-state index contributed by atoms with van der Waals surface area (Å²) in [6.07, 6.45) is 6.33. The molecule has 2 saturated carbocycles. The Hall–Kier alpha value is -3.33. The van der Waals surface area contributed by atoms with Crippen molar-refractivity contribution >= 4 is 22.8 Å². The van der Waals surface area contributed by atoms with Crippen LogP contribution in [0.5, 0.6) is 5.75 Å². The number of hydrogen-bond donors (Lipinski definition) is 2. The van der Waals surface area contributed by atoms with Crippen LogP contribution in [0, 0.1) is 5.92 Å². The van der Waals surface area contributed by atoms with E-state index >= 15 is 0 Å². The molecule has 0 bridgehead atoms. The zero-order valence-corrected chi connectivity index (χ0v) is 21.0. The summed E-state index contributed by atoms with van der Waals surface area (Å²) in [6, 6.07) is 7.85. The predicted octanol–water partition coefficient (Wildman–Crippen LogP) is 2.92. The number of carbonyl (C=O) groups is 2. The molecular formula is C27H34N6O3. The number of nitrogens with zero attached hydrogens (tertiary/aromatic N) is 4. The van der Waals surface area contributed by atoms with Gasteiger partial charge in [0, 0.05) is 44.3 Å². The first-order chi connectivity index (χ1) is 17.4. The lowest BCUT2D eigenvalue weighted by atomic mass is 10.0. The Labute approximate surface area is 210 Å². The summed E-state index contributed by atoms with van der Waals surface area (Å²) in [6.45, 7) is 2.07. The molecule has 9 nitrogen and oxygen atoms in total. The van der Waals surface area contributed by atoms with Crippen LogP contribution in [0.3, 0.4) is 0 Å². The molecule has 3 fully saturated rings. The minimum atomic E-state index is -0.0475. The second-order valence-electron chi connectivity index (χ2n) is 10.6. The van der Waals surface area contributed by atoms with Crippen LogP contribution in [0.2, 0.25) is 0 Å². The van der Waals surface area contributed by atoms with Gasteiger partial charge in [0.2, 0.25) is 0 Å². The number of piperidine rings is 1. The molecule has 0 spiro atoms. The summed E-state index contributed by atoms with van der Waals surface area (Å²) >= 11 is 0. The fraction of sp³-hybridized carbons (Fsp3) is 0.519. The fourth-order valence-electron chi connectivity index (χ4n) is 5.30. The number of methoxy groups -OCH3 is 1. The number of likely N-dealkylation sites (tertiary alicyclic amines) is 1. The number of fused-ring (bicyclic) bond motifs is 1. The van der Waals surface area contributed by atoms with Gasteiger partial charge in [0.15, 0.2) is 5.82 Å². The van der Waals surface area contributed by atoms with E-state index in [4.69, 9.17) is 15.5 Å². The van der Waals surface area contributed by atoms with Crippen LogP contribution in [0.15, 0.2) is 24.3 Å². The average molecular weight is 491 g/mol. The van der Waals surface area contributed by atoms with Crippen molar-refractivity contribution in [3.8, 4) is 17.3 Å². The number of carbonyl (C=O) groups excluding carboxylic acids is 2. The minimum Gasteiger partial charge on any atom is -0.494 e. The highest BCUT2D eigenvalue weighted by molar-refractivity contribution is 6.00. The minimum absolute atomic E-state index is 0.0142. The molecule has 6 rings (SSSR count). The number of nitrogens with two attached hydrogens (primary N) is 1. The molecule has 2 amide bonds. The third kappa shape index (κ3) is 4.25. The molecule has 9 heteroatoms. The maximum atomic E-state index is 13.3. The van der Waals surface area contributed by atoms with Gasteiger partial charge in [0.25, 0.3) is 11.8 Å². The number of ether oxygens (including phenoxy) is 1. The SMILES string of the molecule is COc1cc(C(=O)N2CCC[C@@H](N)C2)cc2nc(-c3ccc(C(=O)NC4CC4)n3CC3CC3)n(C)c12. The summed E-state index contributed by atoms with van der Waals surface area (Å²) < 4.78 is 9.84. The van der Waals surface area contributed by atoms with Gasteiger partial charge in [-0.2, -0.15) is 0 Å². The normalized spacial score (nSPS) is 20.1. The number of aromatic nitrogens is 3. The number of benzene rings is 1. The molecule has 3 aromatic rings. The Morgan fingerprint density at radius 1 is 1.17 bits per heavy atom. The first kappa shape index (κ1) is 23.1. The van der Waals surface area contributed by atoms with Crippen LogP contribution in [-0.4, -0.2) is 63.1 Å². The van der Waals surface area contributed by atoms with Crippen molar-refractivity contribution in [2.45, 2.75) is 57.2 Å². The lowest BCUT2D eigenvalue weighted by molar-refractivity contribution is 0.0708. The third-order valence-corrected chi connectivity index (χ3v) is 7.64. The molecule has 1 saturated heterocycles. The molecule has 1 aliphatic heterocycles. The molecule has 0 unspecified atom stereocenters. The smallest absolute Gasteiger partial charge is 0.268 e. The van der Waals surface area contributed by atoms with Gasteiger partial charge >= 0.3 is 0 Å². The van der Waals surface area contributed by atoms with Crippen molar-refractivity contribution in [2.75, 3.05) is 20.2 Å². The number of aryl methyl sites for hydroxylation is 1. The van der Waals surface area contributed by atoms with Crippen molar-refractivity contribution in [3.63, 3.8) is 0 Å². The van der Waals surface area contributed by atoms with E-state index in [0.717, 1.165) is 49.3 Å². The highest BCUT2D eigenvalue weighted by Crippen LogP contribution is 2.36. The average Bonchev–Trinajstić information content (AvgIpc) is 3.79. The highest BCUT2D eigenvalue weighted by Gasteiger charge is 2.30. The number of hydrogen-bond acceptors (Lipinski definition) is 5. The van der Waals surface area contributed by atoms with E-state index in [0.29, 0.717) is 47.6 Å². The van der Waals surface area contributed by atoms with Crippen LogP contribution in [0.4, 0.5) is 0 Å². The summed E-state index contributed by atoms with van der Waals surface area (Å²) in [5, 5.41) is 3.12. The molecule has 3 heterocycles. The Morgan fingerprint density at radius 3 is 2.67 bits per heavy atom. The van der Waals surface area contributed by atoms with Gasteiger partial charge < -0.3 is 29.8 Å². The largest absolute Gasteiger partial charge is 0.494 e. The van der Waals surface area contributed by atoms with Crippen LogP contribution >= 0.6 is 0 Å². The molecule has 3 aliphatic rings. The topological polar surface area (TPSA) is 107 Å². The Balaban J connectivity index is 1.40. The van der Waals surface area contributed by atoms with Crippen LogP contribution < -0.4 is 15.8 Å². The van der Waals surface area contributed by atoms with Crippen molar-refractivity contribution < 1.29 is 14.3 Å². The zero-order valence-electron chi connectivity index (χ0n) is 21.0. The van der Waals surface area contributed by atoms with Gasteiger partial charge in [-0.25, -0.2) is 4.98 Å². The molecule has 2 aromatic heterocycles. The number of nitrogens with one attached hydrogen (secondary N) is 1. The van der Waals surface area contributed by atoms with Crippen LogP contribution in [0.25, 0.3) is 22.6 Å². The van der Waals surface area contributed by atoms with Gasteiger partial charge in [0.1, 0.15) is 17.0 Å². The molecular weight excluding hydrogens is 456 g/mol. The van der Waals surface area contributed by atoms with E-state index in [1.165, 1.54) is 12.8 Å². The first-order valence-corrected chi connectivity index (χ1v) is 13.0.